The number of hydrogen-bond donors (Lipinski definition) is 0. The van der Waals surface area contributed by atoms with E-state index < -0.39 is 0 Å². The van der Waals surface area contributed by atoms with E-state index in [1.54, 1.807) is 21.3 Å². The fourth-order valence-electron chi connectivity index (χ4n) is 1.68. The van der Waals surface area contributed by atoms with Crippen LogP contribution in [0, 0.1) is 0 Å². The Morgan fingerprint density at radius 1 is 1.06 bits per heavy atom. The first-order valence-electron chi connectivity index (χ1n) is 5.19. The summed E-state index contributed by atoms with van der Waals surface area (Å²) in [6, 6.07) is 3.79. The molecule has 1 aliphatic rings. The second-order valence-electron chi connectivity index (χ2n) is 3.68. The molecule has 1 aromatic rings. The van der Waals surface area contributed by atoms with Gasteiger partial charge in [0.2, 0.25) is 0 Å². The number of epoxide rings is 1. The second-order valence-corrected chi connectivity index (χ2v) is 3.68. The van der Waals surface area contributed by atoms with Gasteiger partial charge in [0.25, 0.3) is 0 Å². The number of benzene rings is 1. The third-order valence-corrected chi connectivity index (χ3v) is 2.64. The van der Waals surface area contributed by atoms with E-state index in [-0.39, 0.29) is 0 Å². The Morgan fingerprint density at radius 2 is 1.62 bits per heavy atom. The molecule has 1 unspecified atom stereocenters. The predicted octanol–water partition coefficient (Wildman–Crippen LogP) is 1.65. The van der Waals surface area contributed by atoms with Crippen LogP contribution in [0.1, 0.15) is 5.56 Å². The highest BCUT2D eigenvalue weighted by molar-refractivity contribution is 5.51. The fraction of sp³-hybridized carbons (Fsp3) is 0.500. The first kappa shape index (κ1) is 11.1. The molecule has 0 spiro atoms. The minimum absolute atomic E-state index is 0.326. The van der Waals surface area contributed by atoms with Crippen LogP contribution < -0.4 is 14.2 Å². The maximum atomic E-state index is 5.32. The monoisotopic (exact) mass is 224 g/mol. The van der Waals surface area contributed by atoms with E-state index in [2.05, 4.69) is 0 Å². The van der Waals surface area contributed by atoms with Gasteiger partial charge in [0.1, 0.15) is 5.75 Å². The van der Waals surface area contributed by atoms with Crippen molar-refractivity contribution in [2.24, 2.45) is 0 Å². The molecule has 4 heteroatoms. The molecule has 0 N–H and O–H groups in total. The summed E-state index contributed by atoms with van der Waals surface area (Å²) in [4.78, 5) is 0. The lowest BCUT2D eigenvalue weighted by atomic mass is 10.1. The Bertz CT molecular complexity index is 372. The van der Waals surface area contributed by atoms with Crippen molar-refractivity contribution in [1.82, 2.24) is 0 Å². The third-order valence-electron chi connectivity index (χ3n) is 2.64. The van der Waals surface area contributed by atoms with Gasteiger partial charge in [0, 0.05) is 18.1 Å². The van der Waals surface area contributed by atoms with E-state index in [4.69, 9.17) is 18.9 Å². The average Bonchev–Trinajstić information content (AvgIpc) is 3.12. The lowest BCUT2D eigenvalue weighted by Gasteiger charge is -2.13. The van der Waals surface area contributed by atoms with Crippen LogP contribution in [0.2, 0.25) is 0 Å². The minimum atomic E-state index is 0.326. The van der Waals surface area contributed by atoms with Crippen molar-refractivity contribution >= 4 is 0 Å². The number of ether oxygens (including phenoxy) is 4. The molecule has 1 heterocycles. The van der Waals surface area contributed by atoms with Crippen LogP contribution in [0.15, 0.2) is 12.1 Å². The molecule has 1 saturated heterocycles. The summed E-state index contributed by atoms with van der Waals surface area (Å²) in [6.07, 6.45) is 1.18. The molecule has 0 bridgehead atoms. The van der Waals surface area contributed by atoms with Gasteiger partial charge in [-0.05, 0) is 6.07 Å². The third kappa shape index (κ3) is 2.22. The summed E-state index contributed by atoms with van der Waals surface area (Å²) >= 11 is 0. The lowest BCUT2D eigenvalue weighted by Crippen LogP contribution is -2.00. The van der Waals surface area contributed by atoms with Crippen LogP contribution in [0.4, 0.5) is 0 Å². The Morgan fingerprint density at radius 3 is 2.12 bits per heavy atom. The maximum absolute atomic E-state index is 5.32. The molecule has 0 amide bonds. The van der Waals surface area contributed by atoms with Crippen molar-refractivity contribution in [3.05, 3.63) is 17.7 Å². The second kappa shape index (κ2) is 4.61. The molecule has 0 aromatic heterocycles. The maximum Gasteiger partial charge on any atom is 0.164 e. The largest absolute Gasteiger partial charge is 0.496 e. The molecule has 1 atom stereocenters. The van der Waals surface area contributed by atoms with Crippen molar-refractivity contribution < 1.29 is 18.9 Å². The lowest BCUT2D eigenvalue weighted by molar-refractivity contribution is 0.346. The van der Waals surface area contributed by atoms with Gasteiger partial charge in [-0.25, -0.2) is 0 Å². The highest BCUT2D eigenvalue weighted by Crippen LogP contribution is 2.36. The molecule has 1 aromatic carbocycles. The predicted molar refractivity (Wildman–Crippen MR) is 59.5 cm³/mol. The summed E-state index contributed by atoms with van der Waals surface area (Å²) < 4.78 is 21.0. The highest BCUT2D eigenvalue weighted by Gasteiger charge is 2.25. The normalized spacial score (nSPS) is 18.1. The summed E-state index contributed by atoms with van der Waals surface area (Å²) in [5, 5.41) is 0. The Balaban J connectivity index is 2.32. The van der Waals surface area contributed by atoms with Gasteiger partial charge in [-0.2, -0.15) is 0 Å². The van der Waals surface area contributed by atoms with Gasteiger partial charge in [-0.3, -0.25) is 0 Å². The minimum Gasteiger partial charge on any atom is -0.496 e. The van der Waals surface area contributed by atoms with Crippen LogP contribution >= 0.6 is 0 Å². The zero-order valence-electron chi connectivity index (χ0n) is 9.78. The van der Waals surface area contributed by atoms with E-state index in [1.807, 2.05) is 12.1 Å². The summed E-state index contributed by atoms with van der Waals surface area (Å²) in [5.74, 6) is 2.21. The number of hydrogen-bond acceptors (Lipinski definition) is 4. The SMILES string of the molecule is COc1cc(OC)c(OC)cc1CC1CO1. The van der Waals surface area contributed by atoms with E-state index in [0.29, 0.717) is 11.9 Å². The van der Waals surface area contributed by atoms with Crippen LogP contribution in [-0.2, 0) is 11.2 Å². The van der Waals surface area contributed by atoms with Gasteiger partial charge < -0.3 is 18.9 Å². The molecule has 2 rings (SSSR count). The number of rotatable bonds is 5. The first-order valence-corrected chi connectivity index (χ1v) is 5.19. The zero-order chi connectivity index (χ0) is 11.5. The van der Waals surface area contributed by atoms with Crippen molar-refractivity contribution in [1.29, 1.82) is 0 Å². The zero-order valence-corrected chi connectivity index (χ0v) is 9.78. The molecule has 0 saturated carbocycles. The summed E-state index contributed by atoms with van der Waals surface area (Å²) in [5.41, 5.74) is 1.09. The molecule has 1 fully saturated rings. The standard InChI is InChI=1S/C12H16O4/c1-13-10-6-12(15-3)11(14-2)5-8(10)4-9-7-16-9/h5-6,9H,4,7H2,1-3H3. The highest BCUT2D eigenvalue weighted by atomic mass is 16.6. The van der Waals surface area contributed by atoms with E-state index >= 15 is 0 Å². The number of methoxy groups -OCH3 is 3. The van der Waals surface area contributed by atoms with Crippen molar-refractivity contribution in [3.8, 4) is 17.2 Å². The summed E-state index contributed by atoms with van der Waals surface area (Å²) in [7, 11) is 4.89. The Kier molecular flexibility index (Phi) is 3.19. The van der Waals surface area contributed by atoms with E-state index in [0.717, 1.165) is 30.1 Å². The molecule has 4 nitrogen and oxygen atoms in total. The Hall–Kier alpha value is -1.42. The summed E-state index contributed by atoms with van der Waals surface area (Å²) in [6.45, 7) is 0.831. The fourth-order valence-corrected chi connectivity index (χ4v) is 1.68. The Labute approximate surface area is 95.1 Å². The van der Waals surface area contributed by atoms with Crippen molar-refractivity contribution in [3.63, 3.8) is 0 Å². The molecule has 88 valence electrons. The quantitative estimate of drug-likeness (QED) is 0.713. The van der Waals surface area contributed by atoms with Gasteiger partial charge >= 0.3 is 0 Å². The topological polar surface area (TPSA) is 40.2 Å². The molecule has 16 heavy (non-hydrogen) atoms. The van der Waals surface area contributed by atoms with Crippen LogP contribution in [0.25, 0.3) is 0 Å². The van der Waals surface area contributed by atoms with Crippen LogP contribution in [0.3, 0.4) is 0 Å². The van der Waals surface area contributed by atoms with Crippen molar-refractivity contribution in [2.45, 2.75) is 12.5 Å². The van der Waals surface area contributed by atoms with Gasteiger partial charge in [-0.1, -0.05) is 0 Å². The van der Waals surface area contributed by atoms with Crippen LogP contribution in [-0.4, -0.2) is 34.0 Å². The first-order chi connectivity index (χ1) is 7.78. The average molecular weight is 224 g/mol. The van der Waals surface area contributed by atoms with Crippen molar-refractivity contribution in [2.75, 3.05) is 27.9 Å². The van der Waals surface area contributed by atoms with Gasteiger partial charge in [0.15, 0.2) is 11.5 Å². The van der Waals surface area contributed by atoms with Gasteiger partial charge in [0.05, 0.1) is 34.0 Å². The van der Waals surface area contributed by atoms with E-state index in [1.165, 1.54) is 0 Å². The molecule has 0 radical (unpaired) electrons. The smallest absolute Gasteiger partial charge is 0.164 e. The molecule has 0 aliphatic carbocycles. The van der Waals surface area contributed by atoms with E-state index in [9.17, 15) is 0 Å². The molecule has 1 aliphatic heterocycles. The van der Waals surface area contributed by atoms with Gasteiger partial charge in [-0.15, -0.1) is 0 Å². The molecular formula is C12H16O4. The molecular weight excluding hydrogens is 208 g/mol. The van der Waals surface area contributed by atoms with Crippen LogP contribution in [0.5, 0.6) is 17.2 Å².